The number of carbonyl (C=O) groups is 2. The van der Waals surface area contributed by atoms with Crippen molar-refractivity contribution in [1.29, 1.82) is 0 Å². The van der Waals surface area contributed by atoms with E-state index in [1.807, 2.05) is 26.8 Å². The normalized spacial score (nSPS) is 20.1. The Balaban J connectivity index is 1.52. The predicted molar refractivity (Wildman–Crippen MR) is 146 cm³/mol. The van der Waals surface area contributed by atoms with E-state index in [0.717, 1.165) is 28.1 Å². The summed E-state index contributed by atoms with van der Waals surface area (Å²) in [5.41, 5.74) is 0.200. The molecule has 2 unspecified atom stereocenters. The fourth-order valence-electron chi connectivity index (χ4n) is 4.67. The topological polar surface area (TPSA) is 117 Å². The van der Waals surface area contributed by atoms with E-state index >= 15 is 0 Å². The molecule has 224 valence electrons. The molecule has 0 spiro atoms. The highest BCUT2D eigenvalue weighted by molar-refractivity contribution is 7.89. The molecule has 2 aromatic rings. The molecule has 4 rings (SSSR count). The number of nitrogens with one attached hydrogen (secondary N) is 3. The summed E-state index contributed by atoms with van der Waals surface area (Å²) in [6.45, 7) is 6.64. The second-order valence-electron chi connectivity index (χ2n) is 11.0. The number of ether oxygens (including phenoxy) is 1. The molecule has 1 fully saturated rings. The quantitative estimate of drug-likeness (QED) is 0.436. The Kier molecular flexibility index (Phi) is 8.93. The number of amides is 2. The zero-order valence-electron chi connectivity index (χ0n) is 22.8. The first-order valence-electron chi connectivity index (χ1n) is 13.0. The highest BCUT2D eigenvalue weighted by Gasteiger charge is 2.41. The van der Waals surface area contributed by atoms with Crippen LogP contribution in [0.4, 0.5) is 13.2 Å². The second-order valence-corrected chi connectivity index (χ2v) is 13.3. The van der Waals surface area contributed by atoms with Gasteiger partial charge < -0.3 is 20.7 Å². The van der Waals surface area contributed by atoms with Gasteiger partial charge in [0.2, 0.25) is 21.8 Å². The molecule has 2 aliphatic rings. The Bertz CT molecular complexity index is 1430. The van der Waals surface area contributed by atoms with Crippen molar-refractivity contribution in [1.82, 2.24) is 20.3 Å². The number of alkyl halides is 3. The number of sulfonamides is 1. The number of carbonyl (C=O) groups excluding carboxylic acids is 2. The van der Waals surface area contributed by atoms with Crippen LogP contribution in [0.15, 0.2) is 41.3 Å². The van der Waals surface area contributed by atoms with Gasteiger partial charge in [-0.15, -0.1) is 0 Å². The largest absolute Gasteiger partial charge is 0.493 e. The molecule has 0 saturated carbocycles. The first-order chi connectivity index (χ1) is 19.1. The lowest BCUT2D eigenvalue weighted by Gasteiger charge is -2.34. The van der Waals surface area contributed by atoms with Gasteiger partial charge in [-0.1, -0.05) is 17.7 Å². The van der Waals surface area contributed by atoms with Gasteiger partial charge in [-0.2, -0.15) is 17.5 Å². The summed E-state index contributed by atoms with van der Waals surface area (Å²) >= 11 is 6.53. The number of benzene rings is 2. The minimum absolute atomic E-state index is 0.0482. The summed E-state index contributed by atoms with van der Waals surface area (Å²) in [7, 11) is -4.53. The fourth-order valence-corrected chi connectivity index (χ4v) is 6.54. The third-order valence-corrected chi connectivity index (χ3v) is 9.05. The van der Waals surface area contributed by atoms with Crippen molar-refractivity contribution in [3.63, 3.8) is 0 Å². The SMILES string of the molecule is CC(C)(C)NCc1cc2c(cc1Cl)C(NC(=O)CC1C(=O)NCCN1S(=O)(=O)c1cccc(C(F)(F)F)c1)CCO2. The number of fused-ring (bicyclic) bond motifs is 1. The molecule has 41 heavy (non-hydrogen) atoms. The maximum absolute atomic E-state index is 13.4. The Morgan fingerprint density at radius 2 is 1.93 bits per heavy atom. The van der Waals surface area contributed by atoms with Gasteiger partial charge in [0.15, 0.2) is 0 Å². The minimum atomic E-state index is -4.75. The number of piperazine rings is 1. The number of hydrogen-bond donors (Lipinski definition) is 3. The molecule has 2 atom stereocenters. The summed E-state index contributed by atoms with van der Waals surface area (Å²) in [6.07, 6.45) is -4.87. The van der Waals surface area contributed by atoms with E-state index in [-0.39, 0.29) is 18.6 Å². The van der Waals surface area contributed by atoms with Crippen molar-refractivity contribution in [2.24, 2.45) is 0 Å². The Morgan fingerprint density at radius 1 is 1.20 bits per heavy atom. The third kappa shape index (κ3) is 7.32. The zero-order chi connectivity index (χ0) is 30.2. The lowest BCUT2D eigenvalue weighted by molar-refractivity contribution is -0.137. The number of rotatable bonds is 7. The van der Waals surface area contributed by atoms with Crippen LogP contribution in [0.1, 0.15) is 56.3 Å². The summed E-state index contributed by atoms with van der Waals surface area (Å²) in [6, 6.07) is 4.88. The molecule has 2 amide bonds. The third-order valence-electron chi connectivity index (χ3n) is 6.79. The summed E-state index contributed by atoms with van der Waals surface area (Å²) in [5, 5.41) is 9.22. The maximum atomic E-state index is 13.4. The van der Waals surface area contributed by atoms with Crippen molar-refractivity contribution < 1.29 is 35.9 Å². The predicted octanol–water partition coefficient (Wildman–Crippen LogP) is 3.77. The summed E-state index contributed by atoms with van der Waals surface area (Å²) < 4.78 is 73.0. The van der Waals surface area contributed by atoms with E-state index in [1.165, 1.54) is 0 Å². The first kappa shape index (κ1) is 31.1. The van der Waals surface area contributed by atoms with Gasteiger partial charge in [0, 0.05) is 42.2 Å². The molecule has 2 heterocycles. The van der Waals surface area contributed by atoms with Crippen LogP contribution in [-0.2, 0) is 32.3 Å². The van der Waals surface area contributed by atoms with Crippen LogP contribution < -0.4 is 20.7 Å². The van der Waals surface area contributed by atoms with Crippen LogP contribution in [0.2, 0.25) is 5.02 Å². The molecule has 0 bridgehead atoms. The van der Waals surface area contributed by atoms with Gasteiger partial charge in [0.25, 0.3) is 0 Å². The average molecular weight is 617 g/mol. The molecular formula is C27H32ClF3N4O5S. The smallest absolute Gasteiger partial charge is 0.416 e. The molecule has 2 aliphatic heterocycles. The van der Waals surface area contributed by atoms with Crippen LogP contribution in [-0.4, -0.2) is 55.8 Å². The summed E-state index contributed by atoms with van der Waals surface area (Å²) in [5.74, 6) is -0.766. The van der Waals surface area contributed by atoms with E-state index < -0.39 is 57.0 Å². The van der Waals surface area contributed by atoms with Gasteiger partial charge in [-0.05, 0) is 56.7 Å². The molecule has 0 aromatic heterocycles. The van der Waals surface area contributed by atoms with E-state index in [0.29, 0.717) is 42.0 Å². The average Bonchev–Trinajstić information content (AvgIpc) is 2.88. The number of halogens is 4. The van der Waals surface area contributed by atoms with Crippen LogP contribution in [0.5, 0.6) is 5.75 Å². The van der Waals surface area contributed by atoms with Gasteiger partial charge in [-0.3, -0.25) is 9.59 Å². The standard InChI is InChI=1S/C27H32ClF3N4O5S/c1-26(2,3)33-15-16-11-23-19(13-20(16)28)21(7-10-40-23)34-24(36)14-22-25(37)32-8-9-35(22)41(38,39)18-6-4-5-17(12-18)27(29,30)31/h4-6,11-13,21-22,33H,7-10,14-15H2,1-3H3,(H,32,37)(H,34,36). The maximum Gasteiger partial charge on any atom is 0.416 e. The van der Waals surface area contributed by atoms with Crippen molar-refractivity contribution in [3.8, 4) is 5.75 Å². The Labute approximate surface area is 241 Å². The second kappa shape index (κ2) is 11.8. The first-order valence-corrected chi connectivity index (χ1v) is 14.8. The molecule has 0 aliphatic carbocycles. The van der Waals surface area contributed by atoms with E-state index in [4.69, 9.17) is 16.3 Å². The molecule has 2 aromatic carbocycles. The Morgan fingerprint density at radius 3 is 2.61 bits per heavy atom. The highest BCUT2D eigenvalue weighted by atomic mass is 35.5. The zero-order valence-corrected chi connectivity index (χ0v) is 24.3. The van der Waals surface area contributed by atoms with Crippen molar-refractivity contribution in [2.45, 2.75) is 68.9 Å². The molecule has 0 radical (unpaired) electrons. The van der Waals surface area contributed by atoms with Gasteiger partial charge >= 0.3 is 6.18 Å². The fraction of sp³-hybridized carbons (Fsp3) is 0.481. The van der Waals surface area contributed by atoms with Crippen LogP contribution in [0, 0.1) is 0 Å². The van der Waals surface area contributed by atoms with Crippen molar-refractivity contribution >= 4 is 33.4 Å². The van der Waals surface area contributed by atoms with Crippen LogP contribution in [0.25, 0.3) is 0 Å². The van der Waals surface area contributed by atoms with Crippen LogP contribution in [0.3, 0.4) is 0 Å². The lowest BCUT2D eigenvalue weighted by atomic mass is 9.97. The molecule has 1 saturated heterocycles. The monoisotopic (exact) mass is 616 g/mol. The van der Waals surface area contributed by atoms with E-state index in [2.05, 4.69) is 16.0 Å². The molecule has 9 nitrogen and oxygen atoms in total. The number of hydrogen-bond acceptors (Lipinski definition) is 6. The molecular weight excluding hydrogens is 585 g/mol. The van der Waals surface area contributed by atoms with Crippen molar-refractivity contribution in [2.75, 3.05) is 19.7 Å². The Hall–Kier alpha value is -2.87. The van der Waals surface area contributed by atoms with E-state index in [9.17, 15) is 31.2 Å². The highest BCUT2D eigenvalue weighted by Crippen LogP contribution is 2.37. The lowest BCUT2D eigenvalue weighted by Crippen LogP contribution is -2.58. The number of nitrogens with zero attached hydrogens (tertiary/aromatic N) is 1. The molecule has 3 N–H and O–H groups in total. The molecule has 14 heteroatoms. The van der Waals surface area contributed by atoms with Gasteiger partial charge in [0.05, 0.1) is 29.5 Å². The van der Waals surface area contributed by atoms with Crippen LogP contribution >= 0.6 is 11.6 Å². The summed E-state index contributed by atoms with van der Waals surface area (Å²) in [4.78, 5) is 25.3. The van der Waals surface area contributed by atoms with Gasteiger partial charge in [0.1, 0.15) is 11.8 Å². The minimum Gasteiger partial charge on any atom is -0.493 e. The van der Waals surface area contributed by atoms with Crippen molar-refractivity contribution in [3.05, 3.63) is 58.1 Å². The van der Waals surface area contributed by atoms with E-state index in [1.54, 1.807) is 6.07 Å². The van der Waals surface area contributed by atoms with Gasteiger partial charge in [-0.25, -0.2) is 8.42 Å².